The zero-order valence-electron chi connectivity index (χ0n) is 13.9. The van der Waals surface area contributed by atoms with E-state index in [-0.39, 0.29) is 11.9 Å². The third-order valence-corrected chi connectivity index (χ3v) is 4.76. The SMILES string of the molecule is N[C@@H]1CN(c2nc3cc(F)ccc3n2Cc2ncc(Cl)cn2)CC[C@H]1O. The number of aliphatic hydroxyl groups is 1. The zero-order valence-corrected chi connectivity index (χ0v) is 14.6. The van der Waals surface area contributed by atoms with Crippen LogP contribution in [-0.2, 0) is 6.54 Å². The smallest absolute Gasteiger partial charge is 0.207 e. The van der Waals surface area contributed by atoms with Crippen LogP contribution in [0.1, 0.15) is 12.2 Å². The average Bonchev–Trinajstić information content (AvgIpc) is 2.97. The molecule has 0 amide bonds. The summed E-state index contributed by atoms with van der Waals surface area (Å²) >= 11 is 5.86. The fraction of sp³-hybridized carbons (Fsp3) is 0.353. The largest absolute Gasteiger partial charge is 0.391 e. The van der Waals surface area contributed by atoms with Gasteiger partial charge in [-0.3, -0.25) is 0 Å². The highest BCUT2D eigenvalue weighted by Crippen LogP contribution is 2.26. The molecule has 2 aromatic heterocycles. The Morgan fingerprint density at radius 3 is 2.81 bits per heavy atom. The van der Waals surface area contributed by atoms with E-state index in [0.29, 0.717) is 48.4 Å². The summed E-state index contributed by atoms with van der Waals surface area (Å²) in [6.07, 6.45) is 3.10. The van der Waals surface area contributed by atoms with Gasteiger partial charge in [0.1, 0.15) is 11.6 Å². The van der Waals surface area contributed by atoms with Gasteiger partial charge in [-0.2, -0.15) is 0 Å². The van der Waals surface area contributed by atoms with Crippen LogP contribution in [-0.4, -0.2) is 49.9 Å². The van der Waals surface area contributed by atoms with Crippen molar-refractivity contribution in [2.75, 3.05) is 18.0 Å². The maximum atomic E-state index is 13.6. The highest BCUT2D eigenvalue weighted by Gasteiger charge is 2.28. The Morgan fingerprint density at radius 2 is 2.08 bits per heavy atom. The molecule has 2 atom stereocenters. The number of hydrogen-bond donors (Lipinski definition) is 2. The molecule has 0 radical (unpaired) electrons. The van der Waals surface area contributed by atoms with Crippen molar-refractivity contribution in [3.05, 3.63) is 47.3 Å². The minimum absolute atomic E-state index is 0.345. The van der Waals surface area contributed by atoms with E-state index < -0.39 is 6.10 Å². The Kier molecular flexibility index (Phi) is 4.47. The Balaban J connectivity index is 1.76. The molecule has 1 saturated heterocycles. The van der Waals surface area contributed by atoms with E-state index in [9.17, 15) is 9.50 Å². The van der Waals surface area contributed by atoms with Crippen molar-refractivity contribution in [3.63, 3.8) is 0 Å². The predicted octanol–water partition coefficient (Wildman–Crippen LogP) is 1.57. The summed E-state index contributed by atoms with van der Waals surface area (Å²) in [5.74, 6) is 0.884. The number of anilines is 1. The number of aliphatic hydroxyl groups excluding tert-OH is 1. The molecular formula is C17H18ClFN6O. The molecule has 0 spiro atoms. The van der Waals surface area contributed by atoms with Gasteiger partial charge in [-0.05, 0) is 18.6 Å². The van der Waals surface area contributed by atoms with Gasteiger partial charge in [0.05, 0.1) is 28.7 Å². The molecule has 3 heterocycles. The van der Waals surface area contributed by atoms with E-state index in [1.54, 1.807) is 6.07 Å². The molecule has 136 valence electrons. The zero-order chi connectivity index (χ0) is 18.3. The Morgan fingerprint density at radius 1 is 1.31 bits per heavy atom. The van der Waals surface area contributed by atoms with E-state index in [0.717, 1.165) is 5.52 Å². The standard InChI is InChI=1S/C17H18ClFN6O/c18-10-6-21-16(22-7-10)9-25-14-2-1-11(19)5-13(14)23-17(25)24-4-3-15(26)12(20)8-24/h1-2,5-7,12,15,26H,3-4,8-9,20H2/t12-,15-/m1/s1. The van der Waals surface area contributed by atoms with Gasteiger partial charge in [-0.1, -0.05) is 11.6 Å². The first-order valence-electron chi connectivity index (χ1n) is 8.32. The molecule has 1 fully saturated rings. The van der Waals surface area contributed by atoms with Gasteiger partial charge in [0.15, 0.2) is 0 Å². The lowest BCUT2D eigenvalue weighted by Crippen LogP contribution is -2.52. The van der Waals surface area contributed by atoms with Gasteiger partial charge in [0.25, 0.3) is 0 Å². The van der Waals surface area contributed by atoms with Crippen LogP contribution >= 0.6 is 11.6 Å². The molecule has 0 saturated carbocycles. The summed E-state index contributed by atoms with van der Waals surface area (Å²) in [6, 6.07) is 4.13. The monoisotopic (exact) mass is 376 g/mol. The van der Waals surface area contributed by atoms with Gasteiger partial charge in [-0.15, -0.1) is 0 Å². The van der Waals surface area contributed by atoms with Crippen LogP contribution in [0.2, 0.25) is 5.02 Å². The number of halogens is 2. The molecule has 0 bridgehead atoms. The lowest BCUT2D eigenvalue weighted by atomic mass is 10.0. The molecule has 4 rings (SSSR count). The van der Waals surface area contributed by atoms with Crippen LogP contribution < -0.4 is 10.6 Å². The number of nitrogens with two attached hydrogens (primary N) is 1. The Hall–Kier alpha value is -2.29. The third-order valence-electron chi connectivity index (χ3n) is 4.57. The maximum absolute atomic E-state index is 13.6. The first-order valence-corrected chi connectivity index (χ1v) is 8.70. The van der Waals surface area contributed by atoms with Crippen molar-refractivity contribution >= 4 is 28.6 Å². The lowest BCUT2D eigenvalue weighted by molar-refractivity contribution is 0.124. The van der Waals surface area contributed by atoms with Crippen molar-refractivity contribution < 1.29 is 9.50 Å². The van der Waals surface area contributed by atoms with Gasteiger partial charge < -0.3 is 20.3 Å². The van der Waals surface area contributed by atoms with Crippen LogP contribution in [0.5, 0.6) is 0 Å². The fourth-order valence-electron chi connectivity index (χ4n) is 3.20. The average molecular weight is 377 g/mol. The summed E-state index contributed by atoms with van der Waals surface area (Å²) in [5.41, 5.74) is 7.34. The van der Waals surface area contributed by atoms with Crippen LogP contribution in [0.3, 0.4) is 0 Å². The van der Waals surface area contributed by atoms with Gasteiger partial charge in [-0.25, -0.2) is 19.3 Å². The first kappa shape index (κ1) is 17.1. The van der Waals surface area contributed by atoms with Crippen LogP contribution in [0.4, 0.5) is 10.3 Å². The second-order valence-electron chi connectivity index (χ2n) is 6.41. The summed E-state index contributed by atoms with van der Waals surface area (Å²) in [4.78, 5) is 15.1. The minimum Gasteiger partial charge on any atom is -0.391 e. The van der Waals surface area contributed by atoms with Crippen LogP contribution in [0.15, 0.2) is 30.6 Å². The van der Waals surface area contributed by atoms with Crippen LogP contribution in [0.25, 0.3) is 11.0 Å². The molecule has 1 aliphatic rings. The molecule has 0 aliphatic carbocycles. The number of piperidine rings is 1. The number of aromatic nitrogens is 4. The van der Waals surface area contributed by atoms with Crippen molar-refractivity contribution in [2.45, 2.75) is 25.1 Å². The molecule has 9 heteroatoms. The number of hydrogen-bond acceptors (Lipinski definition) is 6. The van der Waals surface area contributed by atoms with Crippen LogP contribution in [0, 0.1) is 5.82 Å². The van der Waals surface area contributed by atoms with Crippen molar-refractivity contribution in [2.24, 2.45) is 5.73 Å². The number of imidazole rings is 1. The van der Waals surface area contributed by atoms with E-state index >= 15 is 0 Å². The van der Waals surface area contributed by atoms with E-state index in [2.05, 4.69) is 15.0 Å². The molecule has 1 aromatic carbocycles. The summed E-state index contributed by atoms with van der Waals surface area (Å²) in [6.45, 7) is 1.44. The number of rotatable bonds is 3. The minimum atomic E-state index is -0.527. The number of nitrogens with zero attached hydrogens (tertiary/aromatic N) is 5. The molecule has 3 N–H and O–H groups in total. The Labute approximate surface area is 154 Å². The molecule has 26 heavy (non-hydrogen) atoms. The second-order valence-corrected chi connectivity index (χ2v) is 6.85. The van der Waals surface area contributed by atoms with Crippen molar-refractivity contribution in [1.29, 1.82) is 0 Å². The number of fused-ring (bicyclic) bond motifs is 1. The quantitative estimate of drug-likeness (QED) is 0.720. The lowest BCUT2D eigenvalue weighted by Gasteiger charge is -2.35. The number of benzene rings is 1. The summed E-state index contributed by atoms with van der Waals surface area (Å²) < 4.78 is 15.6. The third kappa shape index (κ3) is 3.23. The van der Waals surface area contributed by atoms with E-state index in [1.807, 2.05) is 9.47 Å². The fourth-order valence-corrected chi connectivity index (χ4v) is 3.30. The summed E-state index contributed by atoms with van der Waals surface area (Å²) in [5, 5.41) is 10.3. The van der Waals surface area contributed by atoms with Gasteiger partial charge in [0, 0.05) is 37.6 Å². The molecule has 7 nitrogen and oxygen atoms in total. The topological polar surface area (TPSA) is 93.1 Å². The first-order chi connectivity index (χ1) is 12.5. The Bertz CT molecular complexity index is 931. The highest BCUT2D eigenvalue weighted by molar-refractivity contribution is 6.30. The predicted molar refractivity (Wildman–Crippen MR) is 96.6 cm³/mol. The molecular weight excluding hydrogens is 359 g/mol. The normalized spacial score (nSPS) is 20.7. The highest BCUT2D eigenvalue weighted by atomic mass is 35.5. The van der Waals surface area contributed by atoms with Crippen molar-refractivity contribution in [3.8, 4) is 0 Å². The van der Waals surface area contributed by atoms with E-state index in [1.165, 1.54) is 24.5 Å². The second kappa shape index (κ2) is 6.79. The van der Waals surface area contributed by atoms with Gasteiger partial charge >= 0.3 is 0 Å². The van der Waals surface area contributed by atoms with E-state index in [4.69, 9.17) is 17.3 Å². The van der Waals surface area contributed by atoms with Gasteiger partial charge in [0.2, 0.25) is 5.95 Å². The van der Waals surface area contributed by atoms with Crippen molar-refractivity contribution in [1.82, 2.24) is 19.5 Å². The maximum Gasteiger partial charge on any atom is 0.207 e. The summed E-state index contributed by atoms with van der Waals surface area (Å²) in [7, 11) is 0. The molecule has 3 aromatic rings. The molecule has 0 unspecified atom stereocenters. The molecule has 1 aliphatic heterocycles.